The van der Waals surface area contributed by atoms with E-state index in [2.05, 4.69) is 4.84 Å². The van der Waals surface area contributed by atoms with Crippen molar-refractivity contribution in [3.05, 3.63) is 10.1 Å². The summed E-state index contributed by atoms with van der Waals surface area (Å²) in [4.78, 5) is 41.3. The number of carbonyl (C=O) groups excluding carboxylic acids is 2. The monoisotopic (exact) mass is 406 g/mol. The van der Waals surface area contributed by atoms with Crippen molar-refractivity contribution in [2.75, 3.05) is 24.8 Å². The molecule has 3 aliphatic rings. The lowest BCUT2D eigenvalue weighted by molar-refractivity contribution is -0.769. The quantitative estimate of drug-likeness (QED) is 0.372. The van der Waals surface area contributed by atoms with E-state index in [1.165, 1.54) is 16.7 Å². The van der Waals surface area contributed by atoms with Crippen LogP contribution in [0.15, 0.2) is 0 Å². The van der Waals surface area contributed by atoms with Crippen molar-refractivity contribution in [1.82, 2.24) is 4.90 Å². The average Bonchev–Trinajstić information content (AvgIpc) is 3.23. The van der Waals surface area contributed by atoms with E-state index in [4.69, 9.17) is 18.9 Å². The van der Waals surface area contributed by atoms with Gasteiger partial charge in [-0.2, -0.15) is 0 Å². The molecule has 3 heterocycles. The molecular formula is C15H22N2O9S. The SMILES string of the molecule is CC(C)(C)OC(=O)N1CSCC1C(=O)O[C@@H]1CO[C@H]2[C@@H]1OC[C@@H]2O[N+](=O)[O-]. The van der Waals surface area contributed by atoms with Crippen LogP contribution in [0, 0.1) is 10.1 Å². The number of hydrogen-bond acceptors (Lipinski definition) is 10. The summed E-state index contributed by atoms with van der Waals surface area (Å²) >= 11 is 1.42. The summed E-state index contributed by atoms with van der Waals surface area (Å²) in [5.74, 6) is 0.146. The Bertz CT molecular complexity index is 611. The maximum Gasteiger partial charge on any atom is 0.411 e. The van der Waals surface area contributed by atoms with E-state index in [9.17, 15) is 19.7 Å². The Hall–Kier alpha value is -1.79. The molecule has 0 aliphatic carbocycles. The van der Waals surface area contributed by atoms with E-state index in [-0.39, 0.29) is 13.2 Å². The lowest BCUT2D eigenvalue weighted by Gasteiger charge is -2.28. The van der Waals surface area contributed by atoms with Gasteiger partial charge in [-0.25, -0.2) is 9.59 Å². The highest BCUT2D eigenvalue weighted by atomic mass is 32.2. The number of amides is 1. The zero-order valence-electron chi connectivity index (χ0n) is 15.2. The van der Waals surface area contributed by atoms with Crippen LogP contribution in [0.25, 0.3) is 0 Å². The number of rotatable bonds is 4. The maximum atomic E-state index is 12.6. The van der Waals surface area contributed by atoms with Crippen molar-refractivity contribution in [2.45, 2.75) is 56.8 Å². The fraction of sp³-hybridized carbons (Fsp3) is 0.867. The smallest absolute Gasteiger partial charge is 0.411 e. The first-order valence-corrected chi connectivity index (χ1v) is 9.63. The molecule has 0 radical (unpaired) electrons. The van der Waals surface area contributed by atoms with Crippen LogP contribution in [-0.2, 0) is 28.6 Å². The first-order chi connectivity index (χ1) is 12.7. The van der Waals surface area contributed by atoms with Crippen LogP contribution in [-0.4, -0.2) is 83.0 Å². The largest absolute Gasteiger partial charge is 0.455 e. The summed E-state index contributed by atoms with van der Waals surface area (Å²) in [5, 5.41) is 9.62. The van der Waals surface area contributed by atoms with Gasteiger partial charge in [-0.1, -0.05) is 0 Å². The molecule has 0 N–H and O–H groups in total. The lowest BCUT2D eigenvalue weighted by atomic mass is 10.1. The van der Waals surface area contributed by atoms with Crippen molar-refractivity contribution in [3.63, 3.8) is 0 Å². The number of nitrogens with zero attached hydrogens (tertiary/aromatic N) is 2. The summed E-state index contributed by atoms with van der Waals surface area (Å²) in [7, 11) is 0. The van der Waals surface area contributed by atoms with Gasteiger partial charge in [0.25, 0.3) is 5.09 Å². The highest BCUT2D eigenvalue weighted by molar-refractivity contribution is 7.99. The number of hydrogen-bond donors (Lipinski definition) is 0. The van der Waals surface area contributed by atoms with Gasteiger partial charge in [-0.15, -0.1) is 21.9 Å². The number of esters is 1. The van der Waals surface area contributed by atoms with Crippen molar-refractivity contribution in [3.8, 4) is 0 Å². The summed E-state index contributed by atoms with van der Waals surface area (Å²) in [6.07, 6.45) is -3.45. The molecule has 0 bridgehead atoms. The van der Waals surface area contributed by atoms with Crippen molar-refractivity contribution < 1.29 is 38.5 Å². The van der Waals surface area contributed by atoms with Gasteiger partial charge in [0.15, 0.2) is 12.2 Å². The zero-order chi connectivity index (χ0) is 19.8. The molecule has 3 saturated heterocycles. The predicted octanol–water partition coefficient (Wildman–Crippen LogP) is 0.583. The number of fused-ring (bicyclic) bond motifs is 1. The van der Waals surface area contributed by atoms with E-state index in [0.29, 0.717) is 11.6 Å². The second-order valence-corrected chi connectivity index (χ2v) is 8.40. The van der Waals surface area contributed by atoms with Crippen LogP contribution >= 0.6 is 11.8 Å². The van der Waals surface area contributed by atoms with E-state index >= 15 is 0 Å². The predicted molar refractivity (Wildman–Crippen MR) is 90.4 cm³/mol. The van der Waals surface area contributed by atoms with Gasteiger partial charge in [-0.3, -0.25) is 4.90 Å². The molecule has 3 fully saturated rings. The van der Waals surface area contributed by atoms with Gasteiger partial charge in [0.1, 0.15) is 23.9 Å². The zero-order valence-corrected chi connectivity index (χ0v) is 16.0. The van der Waals surface area contributed by atoms with Crippen LogP contribution in [0.4, 0.5) is 4.79 Å². The first kappa shape index (κ1) is 20.0. The van der Waals surface area contributed by atoms with Crippen molar-refractivity contribution in [1.29, 1.82) is 0 Å². The van der Waals surface area contributed by atoms with Crippen LogP contribution in [0.2, 0.25) is 0 Å². The highest BCUT2D eigenvalue weighted by Crippen LogP contribution is 2.32. The third kappa shape index (κ3) is 4.55. The standard InChI is InChI=1S/C15H22N2O9S/c1-15(2,3)25-14(19)16-7-27-6-8(16)13(18)24-9-4-22-12-10(26-17(20)21)5-23-11(9)12/h8-12H,4-7H2,1-3H3/t8?,9-,10+,11-,12-/m1/s1. The van der Waals surface area contributed by atoms with Gasteiger partial charge in [0.05, 0.1) is 19.1 Å². The minimum absolute atomic E-state index is 0.0202. The molecular weight excluding hydrogens is 384 g/mol. The minimum Gasteiger partial charge on any atom is -0.455 e. The molecule has 5 atom stereocenters. The molecule has 0 saturated carbocycles. The highest BCUT2D eigenvalue weighted by Gasteiger charge is 2.52. The fourth-order valence-electron chi connectivity index (χ4n) is 3.10. The van der Waals surface area contributed by atoms with Crippen LogP contribution in [0.5, 0.6) is 0 Å². The summed E-state index contributed by atoms with van der Waals surface area (Å²) in [5.41, 5.74) is -0.672. The average molecular weight is 406 g/mol. The molecule has 3 rings (SSSR count). The van der Waals surface area contributed by atoms with Gasteiger partial charge >= 0.3 is 12.1 Å². The van der Waals surface area contributed by atoms with E-state index < -0.39 is 53.2 Å². The summed E-state index contributed by atoms with van der Waals surface area (Å²) in [6.45, 7) is 5.27. The number of carbonyl (C=O) groups is 2. The normalized spacial score (nSPS) is 32.9. The van der Waals surface area contributed by atoms with E-state index in [0.717, 1.165) is 0 Å². The topological polar surface area (TPSA) is 127 Å². The molecule has 0 aromatic rings. The maximum absolute atomic E-state index is 12.6. The molecule has 27 heavy (non-hydrogen) atoms. The van der Waals surface area contributed by atoms with E-state index in [1.807, 2.05) is 0 Å². The molecule has 152 valence electrons. The third-order valence-electron chi connectivity index (χ3n) is 4.23. The summed E-state index contributed by atoms with van der Waals surface area (Å²) in [6, 6.07) is -0.767. The Balaban J connectivity index is 1.57. The molecule has 0 aromatic heterocycles. The van der Waals surface area contributed by atoms with Gasteiger partial charge < -0.3 is 23.8 Å². The molecule has 3 aliphatic heterocycles. The first-order valence-electron chi connectivity index (χ1n) is 8.48. The van der Waals surface area contributed by atoms with Gasteiger partial charge in [0, 0.05) is 5.75 Å². The molecule has 0 aromatic carbocycles. The Morgan fingerprint density at radius 3 is 2.44 bits per heavy atom. The Morgan fingerprint density at radius 1 is 1.19 bits per heavy atom. The van der Waals surface area contributed by atoms with Crippen LogP contribution in [0.1, 0.15) is 20.8 Å². The second kappa shape index (κ2) is 7.68. The molecule has 11 nitrogen and oxygen atoms in total. The van der Waals surface area contributed by atoms with Crippen molar-refractivity contribution >= 4 is 23.8 Å². The van der Waals surface area contributed by atoms with Crippen LogP contribution in [0.3, 0.4) is 0 Å². The van der Waals surface area contributed by atoms with E-state index in [1.54, 1.807) is 20.8 Å². The molecule has 1 unspecified atom stereocenters. The van der Waals surface area contributed by atoms with Crippen LogP contribution < -0.4 is 0 Å². The minimum atomic E-state index is -0.895. The lowest BCUT2D eigenvalue weighted by Crippen LogP contribution is -2.47. The Morgan fingerprint density at radius 2 is 1.81 bits per heavy atom. The Labute approximate surface area is 159 Å². The molecule has 1 amide bonds. The molecule has 12 heteroatoms. The Kier molecular flexibility index (Phi) is 5.68. The second-order valence-electron chi connectivity index (χ2n) is 7.40. The van der Waals surface area contributed by atoms with Gasteiger partial charge in [-0.05, 0) is 20.8 Å². The van der Waals surface area contributed by atoms with Gasteiger partial charge in [0.2, 0.25) is 0 Å². The molecule has 0 spiro atoms. The summed E-state index contributed by atoms with van der Waals surface area (Å²) < 4.78 is 21.8. The number of ether oxygens (including phenoxy) is 4. The fourth-order valence-corrected chi connectivity index (χ4v) is 4.22. The van der Waals surface area contributed by atoms with Crippen molar-refractivity contribution in [2.24, 2.45) is 0 Å². The number of thioether (sulfide) groups is 1. The third-order valence-corrected chi connectivity index (χ3v) is 5.25.